The summed E-state index contributed by atoms with van der Waals surface area (Å²) in [7, 11) is 1.75. The first-order chi connectivity index (χ1) is 1.00. The zero-order chi connectivity index (χ0) is 2.00. The summed E-state index contributed by atoms with van der Waals surface area (Å²) < 4.78 is 0. The fourth-order valence-corrected chi connectivity index (χ4v) is 0. The molecule has 0 saturated carbocycles. The van der Waals surface area contributed by atoms with Gasteiger partial charge in [-0.15, -0.1) is 0 Å². The molecule has 0 aliphatic carbocycles. The van der Waals surface area contributed by atoms with Crippen molar-refractivity contribution in [2.45, 2.75) is 0 Å². The van der Waals surface area contributed by atoms with Gasteiger partial charge in [-0.05, 0) is 0 Å². The molecule has 0 aromatic rings. The Bertz CT molecular complexity index is 8.00. The average Bonchev–Trinajstić information content (AvgIpc) is 1.00. The van der Waals surface area contributed by atoms with Crippen LogP contribution in [0.15, 0.2) is 0 Å². The van der Waals surface area contributed by atoms with Crippen molar-refractivity contribution >= 4 is 27.3 Å². The van der Waals surface area contributed by atoms with E-state index in [1.807, 2.05) is 0 Å². The summed E-state index contributed by atoms with van der Waals surface area (Å²) in [6.45, 7) is 0. The second kappa shape index (κ2) is 23.2. The van der Waals surface area contributed by atoms with Gasteiger partial charge in [-0.1, -0.05) is 0 Å². The van der Waals surface area contributed by atoms with Gasteiger partial charge in [0.1, 0.15) is 0 Å². The first kappa shape index (κ1) is 17.5. The Hall–Kier alpha value is 1.61. The molecule has 0 unspecified atom stereocenters. The van der Waals surface area contributed by atoms with Crippen LogP contribution in [0.4, 0.5) is 0 Å². The Morgan fingerprint density at radius 3 is 1.25 bits per heavy atom. The van der Waals surface area contributed by atoms with Gasteiger partial charge in [0.15, 0.2) is 0 Å². The van der Waals surface area contributed by atoms with E-state index in [0.29, 0.717) is 0 Å². The third-order valence-corrected chi connectivity index (χ3v) is 0. The van der Waals surface area contributed by atoms with Crippen molar-refractivity contribution in [3.8, 4) is 0 Å². The molecule has 0 aliphatic rings. The number of hydrogen-bond donors (Lipinski definition) is 1. The van der Waals surface area contributed by atoms with Crippen molar-refractivity contribution in [2.75, 3.05) is 7.05 Å². The van der Waals surface area contributed by atoms with E-state index in [1.165, 1.54) is 0 Å². The molecule has 3 N–H and O–H groups in total. The topological polar surface area (TPSA) is 27.6 Å². The van der Waals surface area contributed by atoms with Crippen molar-refractivity contribution in [2.24, 2.45) is 0 Å². The van der Waals surface area contributed by atoms with Crippen LogP contribution in [0, 0.1) is 0 Å². The van der Waals surface area contributed by atoms with Gasteiger partial charge in [0.2, 0.25) is 24.0 Å². The van der Waals surface area contributed by atoms with Crippen LogP contribution in [0.2, 0.25) is 0 Å². The minimum atomic E-state index is 0. The van der Waals surface area contributed by atoms with Crippen molar-refractivity contribution in [1.29, 1.82) is 0 Å². The Morgan fingerprint density at radius 1 is 1.25 bits per heavy atom. The molecule has 0 fully saturated rings. The summed E-state index contributed by atoms with van der Waals surface area (Å²) in [5, 5.41) is 0. The molecular weight excluding hydrogens is 360 g/mol. The fraction of sp³-hybridized carbons (Fsp3) is 1.00. The maximum atomic E-state index is 3.25. The van der Waals surface area contributed by atoms with Gasteiger partial charge in [0, 0.05) is 0 Å². The van der Waals surface area contributed by atoms with E-state index in [-0.39, 0.29) is 51.3 Å². The van der Waals surface area contributed by atoms with Crippen LogP contribution in [0.3, 0.4) is 0 Å². The van der Waals surface area contributed by atoms with Crippen LogP contribution in [0.1, 0.15) is 0 Å². The van der Waals surface area contributed by atoms with Crippen LogP contribution >= 0.6 is 0 Å². The number of hydrogen-bond acceptors (Lipinski definition) is 0. The number of halogens is 1. The normalized spacial score (nSPS) is 1.50. The zero-order valence-corrected chi connectivity index (χ0v) is 9.09. The summed E-state index contributed by atoms with van der Waals surface area (Å²) in [6.07, 6.45) is 0. The summed E-state index contributed by atoms with van der Waals surface area (Å²) in [5.74, 6) is 0. The van der Waals surface area contributed by atoms with Gasteiger partial charge in [0.25, 0.3) is 0 Å². The summed E-state index contributed by atoms with van der Waals surface area (Å²) >= 11 is 0. The van der Waals surface area contributed by atoms with E-state index in [9.17, 15) is 0 Å². The second-order valence-corrected chi connectivity index (χ2v) is 0. The second-order valence-electron chi connectivity index (χ2n) is 0. The summed E-state index contributed by atoms with van der Waals surface area (Å²) in [6, 6.07) is 0. The molecule has 0 atom stereocenters. The van der Waals surface area contributed by atoms with Crippen LogP contribution in [0.25, 0.3) is 0 Å². The van der Waals surface area contributed by atoms with Crippen LogP contribution in [-0.4, -0.2) is 34.3 Å². The maximum absolute atomic E-state index is 3.25. The molecule has 24 valence electrons. The average molecular weight is 368 g/mol. The van der Waals surface area contributed by atoms with Gasteiger partial charge in [-0.3, -0.25) is 0 Å². The molecule has 0 rings (SSSR count). The first-order valence-corrected chi connectivity index (χ1v) is 0.707. The first-order valence-electron chi connectivity index (χ1n) is 0.707. The predicted molar refractivity (Wildman–Crippen MR) is 17.4 cm³/mol. The van der Waals surface area contributed by atoms with Crippen molar-refractivity contribution in [1.82, 2.24) is 0 Å². The molecule has 0 heterocycles. The molecule has 0 spiro atoms. The van der Waals surface area contributed by atoms with Gasteiger partial charge >= 0.3 is 27.3 Å². The Labute approximate surface area is 63.5 Å². The molecule has 0 aromatic carbocycles. The van der Waals surface area contributed by atoms with Gasteiger partial charge < -0.3 is 5.73 Å². The third kappa shape index (κ3) is 9.48. The Balaban J connectivity index is -0.00000000500. The van der Waals surface area contributed by atoms with Gasteiger partial charge in [-0.2, -0.15) is 0 Å². The molecule has 3 heteroatoms. The zero-order valence-electron chi connectivity index (χ0n) is 2.65. The van der Waals surface area contributed by atoms with Gasteiger partial charge in [-0.25, -0.2) is 0 Å². The standard InChI is InChI=1S/CH5N.H2I.Pb/c1-2;;/h2H2,1H3;1H2;/q;+1;+2/p+1. The smallest absolute Gasteiger partial charge is 0.360 e. The molecule has 0 aliphatic heterocycles. The molecule has 4 heavy (non-hydrogen) atoms. The van der Waals surface area contributed by atoms with E-state index < -0.39 is 0 Å². The van der Waals surface area contributed by atoms with Crippen molar-refractivity contribution < 1.29 is 29.7 Å². The maximum Gasteiger partial charge on any atom is 2.00 e. The molecule has 0 saturated heterocycles. The fourth-order valence-electron chi connectivity index (χ4n) is 0. The summed E-state index contributed by atoms with van der Waals surface area (Å²) in [4.78, 5) is 0. The molecular formula is CH8INPb+4. The number of rotatable bonds is 0. The van der Waals surface area contributed by atoms with E-state index in [4.69, 9.17) is 0 Å². The van der Waals surface area contributed by atoms with E-state index in [0.717, 1.165) is 0 Å². The third-order valence-electron chi connectivity index (χ3n) is 0. The Morgan fingerprint density at radius 2 is 1.25 bits per heavy atom. The summed E-state index contributed by atoms with van der Waals surface area (Å²) in [5.41, 5.74) is 3.25. The predicted octanol–water partition coefficient (Wildman–Crippen LogP) is -5.05. The monoisotopic (exact) mass is 369 g/mol. The van der Waals surface area contributed by atoms with Crippen molar-refractivity contribution in [3.63, 3.8) is 0 Å². The van der Waals surface area contributed by atoms with Crippen LogP contribution in [-0.2, 0) is 0 Å². The van der Waals surface area contributed by atoms with E-state index in [2.05, 4.69) is 5.73 Å². The molecule has 0 amide bonds. The van der Waals surface area contributed by atoms with E-state index >= 15 is 0 Å². The molecule has 2 radical (unpaired) electrons. The minimum absolute atomic E-state index is 0. The van der Waals surface area contributed by atoms with E-state index in [1.54, 1.807) is 7.05 Å². The van der Waals surface area contributed by atoms with Gasteiger partial charge in [0.05, 0.1) is 7.05 Å². The quantitative estimate of drug-likeness (QED) is 0.328. The van der Waals surface area contributed by atoms with Crippen molar-refractivity contribution in [3.05, 3.63) is 0 Å². The largest absolute Gasteiger partial charge is 2.00 e. The SMILES string of the molecule is C[NH3+].[IH2+].[Pb+2]. The Kier molecular flexibility index (Phi) is 101. The van der Waals surface area contributed by atoms with Crippen LogP contribution in [0.5, 0.6) is 0 Å². The number of quaternary nitrogens is 1. The molecule has 0 bridgehead atoms. The molecule has 0 aromatic heterocycles. The minimum Gasteiger partial charge on any atom is -0.360 e. The molecule has 1 nitrogen and oxygen atoms in total. The van der Waals surface area contributed by atoms with Crippen LogP contribution < -0.4 is 29.7 Å².